The lowest BCUT2D eigenvalue weighted by Gasteiger charge is -2.11. The van der Waals surface area contributed by atoms with E-state index < -0.39 is 28.1 Å². The van der Waals surface area contributed by atoms with Crippen molar-refractivity contribution in [1.29, 1.82) is 0 Å². The molecule has 1 aromatic heterocycles. The highest BCUT2D eigenvalue weighted by molar-refractivity contribution is 7.86. The maximum absolute atomic E-state index is 11.9. The standard InChI is InChI=1S/C15H16N2O4S.C3H7NO2/c16-14(9-13-7-4-8-17-10-13)15(18)21-22(19,20)11-12-5-2-1-3-6-12;1-4-2-3(5)6/h1-8,10,14H,9,11,16H2;4H,2H2,1H3,(H,5,6)/t14-;/m0./s1. The lowest BCUT2D eigenvalue weighted by atomic mass is 10.1. The Hall–Kier alpha value is -2.82. The molecule has 10 heteroatoms. The molecule has 1 aromatic carbocycles. The minimum absolute atomic E-state index is 0.0417. The van der Waals surface area contributed by atoms with E-state index in [1.165, 1.54) is 0 Å². The fraction of sp³-hybridized carbons (Fsp3) is 0.278. The smallest absolute Gasteiger partial charge is 0.339 e. The average molecular weight is 409 g/mol. The van der Waals surface area contributed by atoms with Gasteiger partial charge in [-0.2, -0.15) is 8.42 Å². The van der Waals surface area contributed by atoms with Crippen molar-refractivity contribution in [3.8, 4) is 0 Å². The lowest BCUT2D eigenvalue weighted by Crippen LogP contribution is -2.36. The molecule has 0 aliphatic carbocycles. The maximum atomic E-state index is 11.9. The summed E-state index contributed by atoms with van der Waals surface area (Å²) < 4.78 is 28.3. The van der Waals surface area contributed by atoms with Crippen LogP contribution in [0.3, 0.4) is 0 Å². The number of carbonyl (C=O) groups excluding carboxylic acids is 1. The average Bonchev–Trinajstić information content (AvgIpc) is 2.63. The van der Waals surface area contributed by atoms with E-state index in [1.54, 1.807) is 61.9 Å². The van der Waals surface area contributed by atoms with Crippen molar-refractivity contribution < 1.29 is 27.3 Å². The third-order valence-corrected chi connectivity index (χ3v) is 4.31. The molecule has 1 heterocycles. The first-order valence-electron chi connectivity index (χ1n) is 8.24. The zero-order valence-electron chi connectivity index (χ0n) is 15.3. The number of likely N-dealkylation sites (N-methyl/N-ethyl adjacent to an activating group) is 1. The van der Waals surface area contributed by atoms with Crippen LogP contribution in [-0.4, -0.2) is 50.1 Å². The molecule has 0 fully saturated rings. The third kappa shape index (κ3) is 9.76. The zero-order chi connectivity index (χ0) is 21.0. The van der Waals surface area contributed by atoms with Crippen LogP contribution < -0.4 is 11.1 Å². The van der Waals surface area contributed by atoms with Crippen LogP contribution in [0.2, 0.25) is 0 Å². The Bertz CT molecular complexity index is 844. The van der Waals surface area contributed by atoms with Gasteiger partial charge in [0.2, 0.25) is 0 Å². The number of hydrogen-bond donors (Lipinski definition) is 3. The minimum atomic E-state index is -4.02. The van der Waals surface area contributed by atoms with E-state index in [1.807, 2.05) is 0 Å². The predicted molar refractivity (Wildman–Crippen MR) is 103 cm³/mol. The predicted octanol–water partition coefficient (Wildman–Crippen LogP) is 0.315. The van der Waals surface area contributed by atoms with Crippen molar-refractivity contribution in [2.75, 3.05) is 13.6 Å². The van der Waals surface area contributed by atoms with Crippen molar-refractivity contribution in [2.45, 2.75) is 18.2 Å². The Morgan fingerprint density at radius 2 is 1.82 bits per heavy atom. The number of pyridine rings is 1. The van der Waals surface area contributed by atoms with Crippen LogP contribution in [0.4, 0.5) is 0 Å². The Kier molecular flexibility index (Phi) is 9.79. The van der Waals surface area contributed by atoms with Gasteiger partial charge in [-0.1, -0.05) is 36.4 Å². The summed E-state index contributed by atoms with van der Waals surface area (Å²) >= 11 is 0. The third-order valence-electron chi connectivity index (χ3n) is 3.20. The van der Waals surface area contributed by atoms with Crippen molar-refractivity contribution in [3.05, 3.63) is 66.0 Å². The summed E-state index contributed by atoms with van der Waals surface area (Å²) in [7, 11) is -2.42. The molecule has 0 amide bonds. The first-order valence-corrected chi connectivity index (χ1v) is 9.82. The molecule has 2 rings (SSSR count). The van der Waals surface area contributed by atoms with Crippen LogP contribution in [0, 0.1) is 0 Å². The van der Waals surface area contributed by atoms with Gasteiger partial charge in [-0.25, -0.2) is 4.79 Å². The normalized spacial score (nSPS) is 11.6. The number of carboxylic acid groups (broad SMARTS) is 1. The molecule has 0 radical (unpaired) electrons. The number of carbonyl (C=O) groups is 2. The summed E-state index contributed by atoms with van der Waals surface area (Å²) in [5.74, 6) is -2.17. The summed E-state index contributed by atoms with van der Waals surface area (Å²) in [6.45, 7) is 0.0417. The molecule has 0 spiro atoms. The first-order chi connectivity index (χ1) is 13.2. The molecule has 0 bridgehead atoms. The molecule has 1 atom stereocenters. The molecule has 0 aliphatic rings. The number of aliphatic carboxylic acids is 1. The van der Waals surface area contributed by atoms with Crippen LogP contribution in [0.1, 0.15) is 11.1 Å². The van der Waals surface area contributed by atoms with Crippen LogP contribution in [0.15, 0.2) is 54.9 Å². The summed E-state index contributed by atoms with van der Waals surface area (Å²) in [4.78, 5) is 25.2. The molecular weight excluding hydrogens is 386 g/mol. The highest BCUT2D eigenvalue weighted by Gasteiger charge is 2.23. The second kappa shape index (κ2) is 11.8. The SMILES string of the molecule is CNCC(=O)O.N[C@@H](Cc1cccnc1)C(=O)OS(=O)(=O)Cc1ccccc1. The quantitative estimate of drug-likeness (QED) is 0.524. The van der Waals surface area contributed by atoms with E-state index in [9.17, 15) is 18.0 Å². The van der Waals surface area contributed by atoms with Crippen LogP contribution >= 0.6 is 0 Å². The van der Waals surface area contributed by atoms with Crippen LogP contribution in [0.25, 0.3) is 0 Å². The van der Waals surface area contributed by atoms with Gasteiger partial charge in [-0.05, 0) is 30.7 Å². The molecule has 4 N–H and O–H groups in total. The molecule has 2 aromatic rings. The van der Waals surface area contributed by atoms with Gasteiger partial charge >= 0.3 is 22.1 Å². The molecule has 0 saturated carbocycles. The second-order valence-corrected chi connectivity index (χ2v) is 7.26. The van der Waals surface area contributed by atoms with Gasteiger partial charge in [-0.3, -0.25) is 9.78 Å². The molecular formula is C18H23N3O6S. The van der Waals surface area contributed by atoms with Crippen LogP contribution in [-0.2, 0) is 36.1 Å². The number of benzene rings is 1. The van der Waals surface area contributed by atoms with E-state index in [4.69, 9.17) is 10.8 Å². The summed E-state index contributed by atoms with van der Waals surface area (Å²) in [6, 6.07) is 10.9. The number of carboxylic acids is 1. The van der Waals surface area contributed by atoms with E-state index in [-0.39, 0.29) is 18.7 Å². The minimum Gasteiger partial charge on any atom is -0.480 e. The Morgan fingerprint density at radius 3 is 2.32 bits per heavy atom. The molecule has 152 valence electrons. The Balaban J connectivity index is 0.000000568. The molecule has 0 aliphatic heterocycles. The number of nitrogens with two attached hydrogens (primary N) is 1. The largest absolute Gasteiger partial charge is 0.480 e. The van der Waals surface area contributed by atoms with Gasteiger partial charge in [0, 0.05) is 12.4 Å². The molecule has 0 saturated heterocycles. The number of hydrogen-bond acceptors (Lipinski definition) is 8. The molecule has 9 nitrogen and oxygen atoms in total. The highest BCUT2D eigenvalue weighted by Crippen LogP contribution is 2.09. The number of rotatable bonds is 8. The van der Waals surface area contributed by atoms with Crippen molar-refractivity contribution >= 4 is 22.1 Å². The summed E-state index contributed by atoms with van der Waals surface area (Å²) in [6.07, 6.45) is 3.32. The monoisotopic (exact) mass is 409 g/mol. The van der Waals surface area contributed by atoms with Crippen molar-refractivity contribution in [1.82, 2.24) is 10.3 Å². The first kappa shape index (κ1) is 23.2. The van der Waals surface area contributed by atoms with Gasteiger partial charge in [0.25, 0.3) is 0 Å². The second-order valence-electron chi connectivity index (χ2n) is 5.69. The topological polar surface area (TPSA) is 149 Å². The van der Waals surface area contributed by atoms with Gasteiger partial charge in [0.15, 0.2) is 0 Å². The summed E-state index contributed by atoms with van der Waals surface area (Å²) in [5, 5.41) is 10.3. The van der Waals surface area contributed by atoms with Gasteiger partial charge in [0.05, 0.1) is 6.54 Å². The van der Waals surface area contributed by atoms with Gasteiger partial charge in [-0.15, -0.1) is 0 Å². The van der Waals surface area contributed by atoms with E-state index in [2.05, 4.69) is 14.5 Å². The van der Waals surface area contributed by atoms with Crippen molar-refractivity contribution in [3.63, 3.8) is 0 Å². The maximum Gasteiger partial charge on any atom is 0.339 e. The van der Waals surface area contributed by atoms with E-state index in [0.717, 1.165) is 5.56 Å². The van der Waals surface area contributed by atoms with Crippen LogP contribution in [0.5, 0.6) is 0 Å². The highest BCUT2D eigenvalue weighted by atomic mass is 32.2. The lowest BCUT2D eigenvalue weighted by molar-refractivity contribution is -0.136. The Morgan fingerprint density at radius 1 is 1.18 bits per heavy atom. The summed E-state index contributed by atoms with van der Waals surface area (Å²) in [5.41, 5.74) is 6.95. The zero-order valence-corrected chi connectivity index (χ0v) is 16.1. The molecule has 0 unspecified atom stereocenters. The molecule has 28 heavy (non-hydrogen) atoms. The fourth-order valence-electron chi connectivity index (χ4n) is 2.00. The number of nitrogens with zero attached hydrogens (tertiary/aromatic N) is 1. The van der Waals surface area contributed by atoms with Crippen molar-refractivity contribution in [2.24, 2.45) is 5.73 Å². The van der Waals surface area contributed by atoms with Gasteiger partial charge in [0.1, 0.15) is 11.8 Å². The van der Waals surface area contributed by atoms with E-state index in [0.29, 0.717) is 5.56 Å². The van der Waals surface area contributed by atoms with Gasteiger partial charge < -0.3 is 20.3 Å². The number of nitrogens with one attached hydrogen (secondary N) is 1. The van der Waals surface area contributed by atoms with E-state index >= 15 is 0 Å². The fourth-order valence-corrected chi connectivity index (χ4v) is 3.04. The number of aromatic nitrogens is 1. The Labute approximate surface area is 163 Å².